The Morgan fingerprint density at radius 2 is 2.00 bits per heavy atom. The highest BCUT2D eigenvalue weighted by atomic mass is 79.9. The van der Waals surface area contributed by atoms with Gasteiger partial charge in [0.15, 0.2) is 0 Å². The number of amides is 2. The Kier molecular flexibility index (Phi) is 6.97. The number of ether oxygens (including phenoxy) is 1. The lowest BCUT2D eigenvalue weighted by Gasteiger charge is -2.12. The predicted molar refractivity (Wildman–Crippen MR) is 86.8 cm³/mol. The Bertz CT molecular complexity index is 537. The van der Waals surface area contributed by atoms with E-state index in [1.807, 2.05) is 0 Å². The third-order valence-corrected chi connectivity index (χ3v) is 4.05. The first-order valence-corrected chi connectivity index (χ1v) is 7.74. The summed E-state index contributed by atoms with van der Waals surface area (Å²) in [6, 6.07) is 3.03. The van der Waals surface area contributed by atoms with E-state index in [-0.39, 0.29) is 6.54 Å². The van der Waals surface area contributed by atoms with Crippen molar-refractivity contribution in [3.8, 4) is 5.75 Å². The lowest BCUT2D eigenvalue weighted by molar-refractivity contribution is -0.141. The van der Waals surface area contributed by atoms with Gasteiger partial charge in [0, 0.05) is 17.1 Å². The smallest absolute Gasteiger partial charge is 0.319 e. The summed E-state index contributed by atoms with van der Waals surface area (Å²) in [4.78, 5) is 22.4. The summed E-state index contributed by atoms with van der Waals surface area (Å²) in [6.07, 6.45) is 0.369. The van der Waals surface area contributed by atoms with Gasteiger partial charge in [0.1, 0.15) is 5.75 Å². The Morgan fingerprint density at radius 3 is 2.57 bits per heavy atom. The molecule has 1 aromatic carbocycles. The summed E-state index contributed by atoms with van der Waals surface area (Å²) in [7, 11) is 1.53. The molecule has 0 radical (unpaired) electrons. The van der Waals surface area contributed by atoms with Crippen LogP contribution in [0.15, 0.2) is 21.1 Å². The van der Waals surface area contributed by atoms with Crippen molar-refractivity contribution in [2.24, 2.45) is 5.92 Å². The molecule has 0 saturated carbocycles. The number of nitrogens with one attached hydrogen (secondary N) is 2. The van der Waals surface area contributed by atoms with Gasteiger partial charge in [0.2, 0.25) is 0 Å². The Balaban J connectivity index is 2.57. The van der Waals surface area contributed by atoms with Crippen molar-refractivity contribution in [2.75, 3.05) is 19.0 Å². The van der Waals surface area contributed by atoms with Gasteiger partial charge in [0.25, 0.3) is 0 Å². The fourth-order valence-electron chi connectivity index (χ4n) is 1.47. The molecule has 0 spiro atoms. The molecule has 1 rings (SSSR count). The number of carbonyl (C=O) groups excluding carboxylic acids is 1. The van der Waals surface area contributed by atoms with Gasteiger partial charge in [0.05, 0.1) is 23.2 Å². The van der Waals surface area contributed by atoms with Crippen molar-refractivity contribution in [3.63, 3.8) is 0 Å². The second-order valence-electron chi connectivity index (χ2n) is 4.38. The van der Waals surface area contributed by atoms with Gasteiger partial charge >= 0.3 is 12.0 Å². The summed E-state index contributed by atoms with van der Waals surface area (Å²) < 4.78 is 6.62. The second kappa shape index (κ2) is 8.23. The molecule has 0 aliphatic rings. The second-order valence-corrected chi connectivity index (χ2v) is 6.08. The molecule has 1 unspecified atom stereocenters. The van der Waals surface area contributed by atoms with Crippen molar-refractivity contribution in [2.45, 2.75) is 13.3 Å². The Labute approximate surface area is 139 Å². The minimum Gasteiger partial charge on any atom is -0.495 e. The highest BCUT2D eigenvalue weighted by Gasteiger charge is 2.12. The molecule has 0 heterocycles. The van der Waals surface area contributed by atoms with Crippen molar-refractivity contribution in [1.82, 2.24) is 5.32 Å². The van der Waals surface area contributed by atoms with Crippen LogP contribution in [0.1, 0.15) is 13.3 Å². The van der Waals surface area contributed by atoms with Crippen molar-refractivity contribution >= 4 is 49.5 Å². The van der Waals surface area contributed by atoms with Crippen LogP contribution in [0.25, 0.3) is 0 Å². The maximum Gasteiger partial charge on any atom is 0.319 e. The lowest BCUT2D eigenvalue weighted by Crippen LogP contribution is -2.31. The van der Waals surface area contributed by atoms with Gasteiger partial charge in [-0.15, -0.1) is 0 Å². The zero-order valence-corrected chi connectivity index (χ0v) is 14.7. The zero-order chi connectivity index (χ0) is 16.0. The summed E-state index contributed by atoms with van der Waals surface area (Å²) in [5.74, 6) is -0.782. The first-order chi connectivity index (χ1) is 9.85. The number of rotatable bonds is 6. The summed E-state index contributed by atoms with van der Waals surface area (Å²) >= 11 is 6.68. The van der Waals surface area contributed by atoms with Crippen LogP contribution in [-0.2, 0) is 4.79 Å². The van der Waals surface area contributed by atoms with Crippen LogP contribution in [0.5, 0.6) is 5.75 Å². The van der Waals surface area contributed by atoms with E-state index in [2.05, 4.69) is 42.5 Å². The summed E-state index contributed by atoms with van der Waals surface area (Å²) in [6.45, 7) is 1.88. The molecule has 0 aliphatic carbocycles. The number of halogens is 2. The van der Waals surface area contributed by atoms with Gasteiger partial charge in [-0.25, -0.2) is 4.79 Å². The molecule has 8 heteroatoms. The number of aliphatic carboxylic acids is 1. The maximum atomic E-state index is 11.8. The lowest BCUT2D eigenvalue weighted by atomic mass is 10.1. The van der Waals surface area contributed by atoms with Crippen LogP contribution in [0.2, 0.25) is 0 Å². The van der Waals surface area contributed by atoms with Crippen LogP contribution in [0.4, 0.5) is 10.5 Å². The summed E-state index contributed by atoms with van der Waals surface area (Å²) in [5, 5.41) is 14.0. The van der Waals surface area contributed by atoms with Gasteiger partial charge in [-0.05, 0) is 44.3 Å². The monoisotopic (exact) mass is 422 g/mol. The Hall–Kier alpha value is -1.28. The molecule has 1 aromatic rings. The van der Waals surface area contributed by atoms with Crippen LogP contribution in [-0.4, -0.2) is 30.8 Å². The number of benzene rings is 1. The van der Waals surface area contributed by atoms with Gasteiger partial charge in [-0.3, -0.25) is 4.79 Å². The molecule has 21 heavy (non-hydrogen) atoms. The van der Waals surface area contributed by atoms with Crippen LogP contribution in [0.3, 0.4) is 0 Å². The Morgan fingerprint density at radius 1 is 1.33 bits per heavy atom. The average molecular weight is 424 g/mol. The van der Waals surface area contributed by atoms with Crippen LogP contribution in [0, 0.1) is 5.92 Å². The molecule has 0 aromatic heterocycles. The third-order valence-electron chi connectivity index (χ3n) is 2.77. The number of carboxylic acid groups (broad SMARTS) is 1. The topological polar surface area (TPSA) is 87.7 Å². The van der Waals surface area contributed by atoms with E-state index in [0.717, 1.165) is 4.47 Å². The van der Waals surface area contributed by atoms with E-state index in [4.69, 9.17) is 9.84 Å². The molecule has 0 fully saturated rings. The number of carbonyl (C=O) groups is 2. The van der Waals surface area contributed by atoms with Crippen LogP contribution >= 0.6 is 31.9 Å². The standard InChI is InChI=1S/C13H16Br2N2O4/c1-7(12(18)19)3-4-16-13(20)17-10-6-11(21-2)9(15)5-8(10)14/h5-7H,3-4H2,1-2H3,(H,18,19)(H2,16,17,20). The minimum absolute atomic E-state index is 0.282. The molecule has 0 aliphatic heterocycles. The highest BCUT2D eigenvalue weighted by molar-refractivity contribution is 9.11. The first-order valence-electron chi connectivity index (χ1n) is 6.15. The number of methoxy groups -OCH3 is 1. The third kappa shape index (κ3) is 5.55. The molecule has 0 saturated heterocycles. The first kappa shape index (κ1) is 17.8. The van der Waals surface area contributed by atoms with E-state index in [9.17, 15) is 9.59 Å². The summed E-state index contributed by atoms with van der Waals surface area (Å²) in [5.41, 5.74) is 0.554. The number of urea groups is 1. The van der Waals surface area contributed by atoms with Crippen molar-refractivity contribution in [1.29, 1.82) is 0 Å². The number of hydrogen-bond acceptors (Lipinski definition) is 3. The fourth-order valence-corrected chi connectivity index (χ4v) is 2.73. The van der Waals surface area contributed by atoms with Crippen LogP contribution < -0.4 is 15.4 Å². The van der Waals surface area contributed by atoms with Gasteiger partial charge < -0.3 is 20.5 Å². The molecule has 2 amide bonds. The van der Waals surface area contributed by atoms with E-state index < -0.39 is 17.9 Å². The van der Waals surface area contributed by atoms with Gasteiger partial charge in [-0.1, -0.05) is 6.92 Å². The fraction of sp³-hybridized carbons (Fsp3) is 0.385. The molecule has 3 N–H and O–H groups in total. The predicted octanol–water partition coefficient (Wildman–Crippen LogP) is 3.45. The molecule has 116 valence electrons. The maximum absolute atomic E-state index is 11.8. The number of hydrogen-bond donors (Lipinski definition) is 3. The average Bonchev–Trinajstić information content (AvgIpc) is 2.41. The van der Waals surface area contributed by atoms with E-state index in [1.165, 1.54) is 7.11 Å². The quantitative estimate of drug-likeness (QED) is 0.653. The number of carboxylic acids is 1. The van der Waals surface area contributed by atoms with Crippen molar-refractivity contribution < 1.29 is 19.4 Å². The van der Waals surface area contributed by atoms with Crippen molar-refractivity contribution in [3.05, 3.63) is 21.1 Å². The van der Waals surface area contributed by atoms with Gasteiger partial charge in [-0.2, -0.15) is 0 Å². The van der Waals surface area contributed by atoms with E-state index >= 15 is 0 Å². The molecule has 1 atom stereocenters. The molecule has 6 nitrogen and oxygen atoms in total. The van der Waals surface area contributed by atoms with E-state index in [0.29, 0.717) is 22.3 Å². The largest absolute Gasteiger partial charge is 0.495 e. The zero-order valence-electron chi connectivity index (χ0n) is 11.6. The minimum atomic E-state index is -0.877. The molecular formula is C13H16Br2N2O4. The molecule has 0 bridgehead atoms. The number of anilines is 1. The normalized spacial score (nSPS) is 11.6. The highest BCUT2D eigenvalue weighted by Crippen LogP contribution is 2.34. The molecular weight excluding hydrogens is 408 g/mol. The SMILES string of the molecule is COc1cc(NC(=O)NCCC(C)C(=O)O)c(Br)cc1Br. The van der Waals surface area contributed by atoms with E-state index in [1.54, 1.807) is 19.1 Å².